The van der Waals surface area contributed by atoms with Crippen LogP contribution < -0.4 is 5.73 Å². The van der Waals surface area contributed by atoms with Gasteiger partial charge in [0.15, 0.2) is 0 Å². The molecule has 0 fully saturated rings. The zero-order valence-corrected chi connectivity index (χ0v) is 12.0. The fraction of sp³-hybridized carbons (Fsp3) is 0.500. The van der Waals surface area contributed by atoms with Gasteiger partial charge in [-0.1, -0.05) is 39.8 Å². The fourth-order valence-electron chi connectivity index (χ4n) is 1.99. The Labute approximate surface area is 110 Å². The predicted molar refractivity (Wildman–Crippen MR) is 78.9 cm³/mol. The molecule has 1 aromatic carbocycles. The Morgan fingerprint density at radius 2 is 1.89 bits per heavy atom. The predicted octanol–water partition coefficient (Wildman–Crippen LogP) is 4.16. The lowest BCUT2D eigenvalue weighted by Gasteiger charge is -2.03. The van der Waals surface area contributed by atoms with Gasteiger partial charge >= 0.3 is 0 Å². The Hall–Kier alpha value is -1.28. The van der Waals surface area contributed by atoms with Gasteiger partial charge in [0, 0.05) is 11.8 Å². The zero-order valence-electron chi connectivity index (χ0n) is 12.0. The Balaban J connectivity index is 0.000000771. The Morgan fingerprint density at radius 1 is 1.17 bits per heavy atom. The highest BCUT2D eigenvalue weighted by atomic mass is 16.3. The molecule has 1 heterocycles. The van der Waals surface area contributed by atoms with Gasteiger partial charge in [-0.05, 0) is 36.6 Å². The van der Waals surface area contributed by atoms with E-state index in [-0.39, 0.29) is 0 Å². The van der Waals surface area contributed by atoms with E-state index in [4.69, 9.17) is 10.2 Å². The molecule has 0 amide bonds. The largest absolute Gasteiger partial charge is 0.461 e. The molecule has 0 aliphatic rings. The second-order valence-corrected chi connectivity index (χ2v) is 4.72. The first kappa shape index (κ1) is 14.8. The van der Waals surface area contributed by atoms with Gasteiger partial charge in [0.1, 0.15) is 11.3 Å². The van der Waals surface area contributed by atoms with Crippen molar-refractivity contribution in [2.45, 2.75) is 40.5 Å². The highest BCUT2D eigenvalue weighted by Gasteiger charge is 2.05. The second kappa shape index (κ2) is 7.22. The quantitative estimate of drug-likeness (QED) is 0.881. The van der Waals surface area contributed by atoms with Crippen molar-refractivity contribution in [3.8, 4) is 0 Å². The van der Waals surface area contributed by atoms with Crippen molar-refractivity contribution in [1.29, 1.82) is 0 Å². The third-order valence-electron chi connectivity index (χ3n) is 2.67. The molecule has 0 saturated carbocycles. The molecular formula is C16H25NO. The summed E-state index contributed by atoms with van der Waals surface area (Å²) < 4.78 is 5.75. The molecule has 2 nitrogen and oxygen atoms in total. The van der Waals surface area contributed by atoms with Crippen LogP contribution in [0.1, 0.15) is 39.0 Å². The summed E-state index contributed by atoms with van der Waals surface area (Å²) in [6.07, 6.45) is 1.91. The maximum absolute atomic E-state index is 5.75. The van der Waals surface area contributed by atoms with Crippen LogP contribution in [0, 0.1) is 5.92 Å². The number of nitrogens with two attached hydrogens (primary N) is 1. The average molecular weight is 247 g/mol. The van der Waals surface area contributed by atoms with E-state index in [1.807, 2.05) is 13.8 Å². The van der Waals surface area contributed by atoms with Crippen LogP contribution in [0.25, 0.3) is 11.0 Å². The van der Waals surface area contributed by atoms with Gasteiger partial charge in [-0.2, -0.15) is 0 Å². The average Bonchev–Trinajstić information content (AvgIpc) is 2.73. The molecule has 18 heavy (non-hydrogen) atoms. The number of rotatable bonds is 4. The van der Waals surface area contributed by atoms with Crippen LogP contribution in [0.5, 0.6) is 0 Å². The summed E-state index contributed by atoms with van der Waals surface area (Å²) in [6, 6.07) is 8.55. The second-order valence-electron chi connectivity index (χ2n) is 4.72. The molecule has 2 rings (SSSR count). The summed E-state index contributed by atoms with van der Waals surface area (Å²) in [5, 5.41) is 1.18. The smallest absolute Gasteiger partial charge is 0.134 e. The van der Waals surface area contributed by atoms with Crippen LogP contribution in [-0.2, 0) is 12.8 Å². The Morgan fingerprint density at radius 3 is 2.50 bits per heavy atom. The first-order chi connectivity index (χ1) is 8.69. The van der Waals surface area contributed by atoms with Gasteiger partial charge in [-0.25, -0.2) is 0 Å². The van der Waals surface area contributed by atoms with E-state index < -0.39 is 0 Å². The van der Waals surface area contributed by atoms with E-state index in [1.165, 1.54) is 10.9 Å². The number of fused-ring (bicyclic) bond motifs is 1. The van der Waals surface area contributed by atoms with Gasteiger partial charge in [-0.15, -0.1) is 0 Å². The maximum Gasteiger partial charge on any atom is 0.134 e. The minimum Gasteiger partial charge on any atom is -0.461 e. The lowest BCUT2D eigenvalue weighted by molar-refractivity contribution is 0.549. The molecule has 0 atom stereocenters. The van der Waals surface area contributed by atoms with Crippen LogP contribution in [0.3, 0.4) is 0 Å². The third kappa shape index (κ3) is 3.88. The van der Waals surface area contributed by atoms with Crippen LogP contribution >= 0.6 is 0 Å². The minimum atomic E-state index is 0.638. The summed E-state index contributed by atoms with van der Waals surface area (Å²) in [6.45, 7) is 9.09. The van der Waals surface area contributed by atoms with Crippen molar-refractivity contribution in [1.82, 2.24) is 0 Å². The molecule has 2 aromatic rings. The number of hydrogen-bond acceptors (Lipinski definition) is 2. The van der Waals surface area contributed by atoms with Crippen LogP contribution in [0.4, 0.5) is 0 Å². The van der Waals surface area contributed by atoms with E-state index in [2.05, 4.69) is 38.1 Å². The van der Waals surface area contributed by atoms with E-state index in [0.717, 1.165) is 24.2 Å². The lowest BCUT2D eigenvalue weighted by Crippen LogP contribution is -2.01. The summed E-state index contributed by atoms with van der Waals surface area (Å²) >= 11 is 0. The zero-order chi connectivity index (χ0) is 13.5. The summed E-state index contributed by atoms with van der Waals surface area (Å²) in [5.41, 5.74) is 7.85. The summed E-state index contributed by atoms with van der Waals surface area (Å²) in [7, 11) is 0. The lowest BCUT2D eigenvalue weighted by atomic mass is 10.0. The van der Waals surface area contributed by atoms with Crippen molar-refractivity contribution in [3.05, 3.63) is 35.6 Å². The molecule has 2 N–H and O–H groups in total. The SMILES string of the molecule is CC.CC(C)Cc1ccc2cc(CCN)oc2c1. The van der Waals surface area contributed by atoms with E-state index in [9.17, 15) is 0 Å². The first-order valence-electron chi connectivity index (χ1n) is 6.90. The highest BCUT2D eigenvalue weighted by Crippen LogP contribution is 2.22. The molecule has 0 unspecified atom stereocenters. The van der Waals surface area contributed by atoms with Crippen LogP contribution in [-0.4, -0.2) is 6.54 Å². The summed E-state index contributed by atoms with van der Waals surface area (Å²) in [5.74, 6) is 1.66. The highest BCUT2D eigenvalue weighted by molar-refractivity contribution is 5.78. The Kier molecular flexibility index (Phi) is 5.93. The van der Waals surface area contributed by atoms with Crippen molar-refractivity contribution < 1.29 is 4.42 Å². The van der Waals surface area contributed by atoms with Gasteiger partial charge in [0.2, 0.25) is 0 Å². The van der Waals surface area contributed by atoms with Crippen molar-refractivity contribution in [2.24, 2.45) is 11.7 Å². The molecule has 0 bridgehead atoms. The summed E-state index contributed by atoms with van der Waals surface area (Å²) in [4.78, 5) is 0. The standard InChI is InChI=1S/C14H19NO.C2H6/c1-10(2)7-11-3-4-12-9-13(5-6-15)16-14(12)8-11;1-2/h3-4,8-10H,5-7,15H2,1-2H3;1-2H3. The normalized spacial score (nSPS) is 10.6. The van der Waals surface area contributed by atoms with Gasteiger partial charge in [-0.3, -0.25) is 0 Å². The van der Waals surface area contributed by atoms with E-state index in [0.29, 0.717) is 12.5 Å². The molecule has 2 heteroatoms. The van der Waals surface area contributed by atoms with Gasteiger partial charge in [0.25, 0.3) is 0 Å². The molecule has 0 spiro atoms. The van der Waals surface area contributed by atoms with Crippen molar-refractivity contribution in [3.63, 3.8) is 0 Å². The van der Waals surface area contributed by atoms with Gasteiger partial charge in [0.05, 0.1) is 0 Å². The monoisotopic (exact) mass is 247 g/mol. The van der Waals surface area contributed by atoms with Crippen LogP contribution in [0.2, 0.25) is 0 Å². The minimum absolute atomic E-state index is 0.638. The van der Waals surface area contributed by atoms with E-state index >= 15 is 0 Å². The fourth-order valence-corrected chi connectivity index (χ4v) is 1.99. The first-order valence-corrected chi connectivity index (χ1v) is 6.90. The number of benzene rings is 1. The van der Waals surface area contributed by atoms with Crippen molar-refractivity contribution in [2.75, 3.05) is 6.54 Å². The molecule has 0 aliphatic carbocycles. The molecule has 1 aromatic heterocycles. The molecule has 0 radical (unpaired) electrons. The topological polar surface area (TPSA) is 39.2 Å². The van der Waals surface area contributed by atoms with Crippen molar-refractivity contribution >= 4 is 11.0 Å². The number of furan rings is 1. The van der Waals surface area contributed by atoms with Crippen LogP contribution in [0.15, 0.2) is 28.7 Å². The molecule has 0 saturated heterocycles. The maximum atomic E-state index is 5.75. The Bertz CT molecular complexity index is 471. The molecular weight excluding hydrogens is 222 g/mol. The van der Waals surface area contributed by atoms with E-state index in [1.54, 1.807) is 0 Å². The number of hydrogen-bond donors (Lipinski definition) is 1. The molecule has 0 aliphatic heterocycles. The molecule has 100 valence electrons. The third-order valence-corrected chi connectivity index (χ3v) is 2.67. The van der Waals surface area contributed by atoms with Gasteiger partial charge < -0.3 is 10.2 Å².